The van der Waals surface area contributed by atoms with Crippen molar-refractivity contribution < 1.29 is 4.79 Å². The van der Waals surface area contributed by atoms with Gasteiger partial charge in [-0.3, -0.25) is 4.79 Å². The molecule has 0 aromatic heterocycles. The summed E-state index contributed by atoms with van der Waals surface area (Å²) in [5, 5.41) is 0.824. The predicted molar refractivity (Wildman–Crippen MR) is 140 cm³/mol. The van der Waals surface area contributed by atoms with Crippen LogP contribution in [0.25, 0.3) is 0 Å². The Morgan fingerprint density at radius 1 is 1.03 bits per heavy atom. The normalized spacial score (nSPS) is 21.2. The van der Waals surface area contributed by atoms with E-state index in [1.165, 1.54) is 22.4 Å². The van der Waals surface area contributed by atoms with E-state index < -0.39 is 5.41 Å². The number of halogens is 1. The summed E-state index contributed by atoms with van der Waals surface area (Å²) in [6.45, 7) is 6.72. The molecule has 1 aliphatic carbocycles. The van der Waals surface area contributed by atoms with E-state index in [0.29, 0.717) is 11.8 Å². The molecule has 1 unspecified atom stereocenters. The van der Waals surface area contributed by atoms with Gasteiger partial charge in [0.1, 0.15) is 0 Å². The Labute approximate surface area is 209 Å². The van der Waals surface area contributed by atoms with Crippen LogP contribution in [-0.4, -0.2) is 42.4 Å². The molecule has 1 saturated heterocycles. The molecule has 2 aromatic carbocycles. The van der Waals surface area contributed by atoms with Crippen LogP contribution < -0.4 is 0 Å². The summed E-state index contributed by atoms with van der Waals surface area (Å²) >= 11 is 6.41. The highest BCUT2D eigenvalue weighted by atomic mass is 35.5. The summed E-state index contributed by atoms with van der Waals surface area (Å²) in [5.74, 6) is 1.11. The molecule has 0 radical (unpaired) electrons. The second kappa shape index (κ2) is 9.26. The van der Waals surface area contributed by atoms with E-state index in [-0.39, 0.29) is 5.91 Å². The number of piperidine rings is 1. The van der Waals surface area contributed by atoms with Gasteiger partial charge < -0.3 is 9.80 Å². The molecule has 2 aliphatic heterocycles. The van der Waals surface area contributed by atoms with Crippen molar-refractivity contribution in [3.63, 3.8) is 0 Å². The highest BCUT2D eigenvalue weighted by molar-refractivity contribution is 6.30. The first kappa shape index (κ1) is 23.2. The van der Waals surface area contributed by atoms with Gasteiger partial charge in [-0.15, -0.1) is 0 Å². The Morgan fingerprint density at radius 3 is 2.50 bits per heavy atom. The average molecular weight is 475 g/mol. The van der Waals surface area contributed by atoms with Crippen LogP contribution in [-0.2, 0) is 16.6 Å². The molecule has 0 saturated carbocycles. The van der Waals surface area contributed by atoms with Gasteiger partial charge in [0.25, 0.3) is 0 Å². The van der Waals surface area contributed by atoms with Gasteiger partial charge in [-0.2, -0.15) is 0 Å². The fourth-order valence-corrected chi connectivity index (χ4v) is 6.42. The largest absolute Gasteiger partial charge is 0.373 e. The van der Waals surface area contributed by atoms with Crippen LogP contribution in [0.4, 0.5) is 0 Å². The van der Waals surface area contributed by atoms with E-state index in [1.54, 1.807) is 0 Å². The molecule has 34 heavy (non-hydrogen) atoms. The third-order valence-electron chi connectivity index (χ3n) is 8.17. The quantitative estimate of drug-likeness (QED) is 0.518. The second-order valence-electron chi connectivity index (χ2n) is 10.6. The first-order valence-corrected chi connectivity index (χ1v) is 13.0. The fourth-order valence-electron chi connectivity index (χ4n) is 6.23. The van der Waals surface area contributed by atoms with Crippen molar-refractivity contribution in [1.82, 2.24) is 9.80 Å². The Hall–Kier alpha value is -2.52. The Morgan fingerprint density at radius 2 is 1.76 bits per heavy atom. The molecule has 3 aliphatic rings. The summed E-state index contributed by atoms with van der Waals surface area (Å²) in [5.41, 5.74) is 6.35. The number of fused-ring (bicyclic) bond motifs is 1. The molecule has 2 aromatic rings. The summed E-state index contributed by atoms with van der Waals surface area (Å²) in [7, 11) is 2.23. The smallest absolute Gasteiger partial charge is 0.232 e. The molecule has 1 atom stereocenters. The minimum atomic E-state index is -0.510. The number of aryl methyl sites for hydroxylation is 1. The van der Waals surface area contributed by atoms with Crippen molar-refractivity contribution in [2.45, 2.75) is 50.9 Å². The van der Waals surface area contributed by atoms with E-state index in [9.17, 15) is 4.79 Å². The standard InChI is InChI=1S/C30H35ClN2O/c1-30(2,24-9-5-4-6-10-24)29(34)33-18-15-21(16-19-33)27-26-14-13-25(31)20-23(26)12-11-22-8-7-17-32(3)28(22)27/h4-10,13-14,20-21,27H,11-12,15-19H2,1-3H3. The van der Waals surface area contributed by atoms with Crippen molar-refractivity contribution in [3.05, 3.63) is 93.7 Å². The molecule has 178 valence electrons. The van der Waals surface area contributed by atoms with Crippen LogP contribution in [0.3, 0.4) is 0 Å². The fraction of sp³-hybridized carbons (Fsp3) is 0.433. The number of likely N-dealkylation sites (N-methyl/N-ethyl adjacent to an activating group) is 1. The minimum Gasteiger partial charge on any atom is -0.373 e. The molecule has 4 heteroatoms. The van der Waals surface area contributed by atoms with Gasteiger partial charge in [-0.25, -0.2) is 0 Å². The monoisotopic (exact) mass is 474 g/mol. The molecule has 3 nitrogen and oxygen atoms in total. The zero-order chi connectivity index (χ0) is 23.9. The van der Waals surface area contributed by atoms with Gasteiger partial charge >= 0.3 is 0 Å². The van der Waals surface area contributed by atoms with E-state index in [0.717, 1.165) is 55.9 Å². The van der Waals surface area contributed by atoms with Crippen LogP contribution >= 0.6 is 11.6 Å². The highest BCUT2D eigenvalue weighted by Crippen LogP contribution is 2.46. The molecule has 2 heterocycles. The van der Waals surface area contributed by atoms with E-state index >= 15 is 0 Å². The van der Waals surface area contributed by atoms with Gasteiger partial charge in [-0.1, -0.05) is 60.2 Å². The third kappa shape index (κ3) is 4.20. The third-order valence-corrected chi connectivity index (χ3v) is 8.40. The van der Waals surface area contributed by atoms with Crippen LogP contribution in [0.15, 0.2) is 72.0 Å². The predicted octanol–water partition coefficient (Wildman–Crippen LogP) is 6.34. The summed E-state index contributed by atoms with van der Waals surface area (Å²) in [6, 6.07) is 16.7. The molecule has 0 N–H and O–H groups in total. The lowest BCUT2D eigenvalue weighted by atomic mass is 9.75. The zero-order valence-corrected chi connectivity index (χ0v) is 21.3. The maximum atomic E-state index is 13.6. The zero-order valence-electron chi connectivity index (χ0n) is 20.6. The van der Waals surface area contributed by atoms with Gasteiger partial charge in [0, 0.05) is 43.3 Å². The molecule has 1 amide bonds. The summed E-state index contributed by atoms with van der Waals surface area (Å²) in [4.78, 5) is 18.1. The van der Waals surface area contributed by atoms with Gasteiger partial charge in [-0.05, 0) is 79.8 Å². The highest BCUT2D eigenvalue weighted by Gasteiger charge is 2.39. The van der Waals surface area contributed by atoms with Gasteiger partial charge in [0.2, 0.25) is 5.91 Å². The number of allylic oxidation sites excluding steroid dienone is 3. The number of rotatable bonds is 3. The first-order valence-electron chi connectivity index (χ1n) is 12.6. The van der Waals surface area contributed by atoms with Crippen molar-refractivity contribution in [3.8, 4) is 0 Å². The van der Waals surface area contributed by atoms with Crippen molar-refractivity contribution >= 4 is 17.5 Å². The number of hydrogen-bond acceptors (Lipinski definition) is 2. The summed E-state index contributed by atoms with van der Waals surface area (Å²) in [6.07, 6.45) is 8.77. The lowest BCUT2D eigenvalue weighted by molar-refractivity contribution is -0.137. The lowest BCUT2D eigenvalue weighted by Crippen LogP contribution is -2.48. The number of carbonyl (C=O) groups excluding carboxylic acids is 1. The Balaban J connectivity index is 1.41. The number of hydrogen-bond donors (Lipinski definition) is 0. The first-order chi connectivity index (χ1) is 16.4. The number of carbonyl (C=O) groups is 1. The molecular weight excluding hydrogens is 440 g/mol. The summed E-state index contributed by atoms with van der Waals surface area (Å²) < 4.78 is 0. The van der Waals surface area contributed by atoms with Crippen LogP contribution in [0.2, 0.25) is 5.02 Å². The van der Waals surface area contributed by atoms with Gasteiger partial charge in [0.15, 0.2) is 0 Å². The van der Waals surface area contributed by atoms with Gasteiger partial charge in [0.05, 0.1) is 5.41 Å². The van der Waals surface area contributed by atoms with E-state index in [2.05, 4.69) is 73.2 Å². The number of nitrogens with zero attached hydrogens (tertiary/aromatic N) is 2. The van der Waals surface area contributed by atoms with Crippen LogP contribution in [0.1, 0.15) is 55.7 Å². The SMILES string of the molecule is CN1CC=CC2=C1C(C1CCN(C(=O)C(C)(C)c3ccccc3)CC1)c1ccc(Cl)cc1CC2. The lowest BCUT2D eigenvalue weighted by Gasteiger charge is -2.42. The van der Waals surface area contributed by atoms with Crippen molar-refractivity contribution in [2.75, 3.05) is 26.7 Å². The second-order valence-corrected chi connectivity index (χ2v) is 11.1. The minimum absolute atomic E-state index is 0.239. The maximum absolute atomic E-state index is 13.6. The number of benzene rings is 2. The Kier molecular flexibility index (Phi) is 6.33. The van der Waals surface area contributed by atoms with E-state index in [4.69, 9.17) is 11.6 Å². The van der Waals surface area contributed by atoms with Crippen molar-refractivity contribution in [1.29, 1.82) is 0 Å². The maximum Gasteiger partial charge on any atom is 0.232 e. The van der Waals surface area contributed by atoms with Crippen LogP contribution in [0.5, 0.6) is 0 Å². The molecule has 1 fully saturated rings. The van der Waals surface area contributed by atoms with E-state index in [1.807, 2.05) is 18.2 Å². The molecular formula is C30H35ClN2O. The number of amides is 1. The molecule has 0 spiro atoms. The Bertz CT molecular complexity index is 1130. The average Bonchev–Trinajstić information content (AvgIpc) is 3.02. The molecule has 5 rings (SSSR count). The topological polar surface area (TPSA) is 23.6 Å². The van der Waals surface area contributed by atoms with Crippen molar-refractivity contribution in [2.24, 2.45) is 5.92 Å². The number of likely N-dealkylation sites (tertiary alicyclic amines) is 1. The molecule has 0 bridgehead atoms. The van der Waals surface area contributed by atoms with Crippen LogP contribution in [0, 0.1) is 5.92 Å².